The predicted octanol–water partition coefficient (Wildman–Crippen LogP) is 6.02. The summed E-state index contributed by atoms with van der Waals surface area (Å²) in [5, 5.41) is 5.96. The largest absolute Gasteiger partial charge is 0.351 e. The molecule has 1 aliphatic carbocycles. The lowest BCUT2D eigenvalue weighted by molar-refractivity contribution is -0.128. The fraction of sp³-hybridized carbons (Fsp3) is 0.462. The van der Waals surface area contributed by atoms with Crippen LogP contribution in [0.3, 0.4) is 0 Å². The van der Waals surface area contributed by atoms with Crippen LogP contribution in [0.4, 0.5) is 5.69 Å². The summed E-state index contributed by atoms with van der Waals surface area (Å²) in [5.74, 6) is 0.692. The number of nitrogens with zero attached hydrogens (tertiary/aromatic N) is 2. The zero-order chi connectivity index (χ0) is 23.5. The number of nitrogens with one attached hydrogen (secondary N) is 1. The van der Waals surface area contributed by atoms with Crippen LogP contribution in [0, 0.1) is 18.8 Å². The van der Waals surface area contributed by atoms with Gasteiger partial charge in [0.15, 0.2) is 0 Å². The number of halogens is 1. The molecule has 1 N–H and O–H groups in total. The third-order valence-electron chi connectivity index (χ3n) is 7.90. The van der Waals surface area contributed by atoms with Crippen molar-refractivity contribution in [3.8, 4) is 0 Å². The molecule has 5 rings (SSSR count). The van der Waals surface area contributed by atoms with E-state index in [9.17, 15) is 9.59 Å². The number of carbonyl (C=O) groups excluding carboxylic acids is 2. The fourth-order valence-corrected chi connectivity index (χ4v) is 6.53. The van der Waals surface area contributed by atoms with E-state index in [4.69, 9.17) is 11.6 Å². The van der Waals surface area contributed by atoms with Gasteiger partial charge in [0, 0.05) is 16.8 Å². The van der Waals surface area contributed by atoms with Gasteiger partial charge in [-0.15, -0.1) is 11.3 Å². The molecule has 2 amide bonds. The zero-order valence-corrected chi connectivity index (χ0v) is 21.1. The van der Waals surface area contributed by atoms with Crippen LogP contribution in [0.25, 0.3) is 10.2 Å². The van der Waals surface area contributed by atoms with Crippen molar-refractivity contribution in [1.29, 1.82) is 0 Å². The summed E-state index contributed by atoms with van der Waals surface area (Å²) in [6, 6.07) is 9.63. The van der Waals surface area contributed by atoms with Crippen LogP contribution < -0.4 is 10.2 Å². The lowest BCUT2D eigenvalue weighted by atomic mass is 9.77. The monoisotopic (exact) mass is 483 g/mol. The number of carbonyl (C=O) groups is 2. The van der Waals surface area contributed by atoms with Gasteiger partial charge in [0.05, 0.1) is 16.8 Å². The SMILES string of the molecule is Cc1c(Cl)cccc1N1C(=O)c2cc3sccc3n2C[C@]1(C)C(=O)N[C@@H]1CCC[C@@H](C)[C@@H]1C. The minimum Gasteiger partial charge on any atom is -0.351 e. The number of rotatable bonds is 3. The van der Waals surface area contributed by atoms with Crippen molar-refractivity contribution in [2.75, 3.05) is 4.90 Å². The van der Waals surface area contributed by atoms with E-state index in [0.717, 1.165) is 28.6 Å². The molecule has 0 radical (unpaired) electrons. The predicted molar refractivity (Wildman–Crippen MR) is 135 cm³/mol. The number of fused-ring (bicyclic) bond motifs is 3. The van der Waals surface area contributed by atoms with Crippen molar-refractivity contribution in [2.45, 2.75) is 65.1 Å². The molecule has 3 aromatic rings. The number of benzene rings is 1. The van der Waals surface area contributed by atoms with Crippen molar-refractivity contribution < 1.29 is 9.59 Å². The molecular formula is C26H30ClN3O2S. The molecule has 0 saturated heterocycles. The summed E-state index contributed by atoms with van der Waals surface area (Å²) in [4.78, 5) is 29.7. The van der Waals surface area contributed by atoms with Crippen molar-refractivity contribution >= 4 is 50.7 Å². The highest BCUT2D eigenvalue weighted by Gasteiger charge is 2.50. The molecule has 1 fully saturated rings. The van der Waals surface area contributed by atoms with Crippen molar-refractivity contribution in [1.82, 2.24) is 9.88 Å². The molecule has 1 aromatic carbocycles. The molecule has 5 nitrogen and oxygen atoms in total. The summed E-state index contributed by atoms with van der Waals surface area (Å²) in [6.45, 7) is 8.67. The van der Waals surface area contributed by atoms with Gasteiger partial charge < -0.3 is 9.88 Å². The van der Waals surface area contributed by atoms with E-state index in [-0.39, 0.29) is 17.9 Å². The second kappa shape index (κ2) is 8.17. The third kappa shape index (κ3) is 3.50. The van der Waals surface area contributed by atoms with Gasteiger partial charge in [-0.05, 0) is 67.3 Å². The van der Waals surface area contributed by atoms with Gasteiger partial charge in [0.1, 0.15) is 11.2 Å². The Kier molecular flexibility index (Phi) is 5.57. The van der Waals surface area contributed by atoms with Crippen LogP contribution in [0.2, 0.25) is 5.02 Å². The Labute approximate surface area is 203 Å². The van der Waals surface area contributed by atoms with Crippen LogP contribution in [0.15, 0.2) is 35.7 Å². The minimum absolute atomic E-state index is 0.107. The molecule has 2 aromatic heterocycles. The van der Waals surface area contributed by atoms with Crippen LogP contribution in [-0.4, -0.2) is 28.0 Å². The Hall–Kier alpha value is -2.31. The normalized spacial score (nSPS) is 27.6. The van der Waals surface area contributed by atoms with E-state index >= 15 is 0 Å². The molecule has 4 atom stereocenters. The topological polar surface area (TPSA) is 54.3 Å². The molecule has 1 aliphatic heterocycles. The minimum atomic E-state index is -1.09. The van der Waals surface area contributed by atoms with E-state index in [1.54, 1.807) is 16.2 Å². The molecule has 2 aliphatic rings. The van der Waals surface area contributed by atoms with Gasteiger partial charge in [-0.2, -0.15) is 0 Å². The van der Waals surface area contributed by atoms with Crippen molar-refractivity contribution in [2.24, 2.45) is 11.8 Å². The van der Waals surface area contributed by atoms with E-state index in [1.165, 1.54) is 6.42 Å². The number of anilines is 1. The summed E-state index contributed by atoms with van der Waals surface area (Å²) >= 11 is 8.06. The Morgan fingerprint density at radius 2 is 2.03 bits per heavy atom. The van der Waals surface area contributed by atoms with E-state index in [0.29, 0.717) is 34.8 Å². The van der Waals surface area contributed by atoms with E-state index < -0.39 is 5.54 Å². The Balaban J connectivity index is 1.61. The summed E-state index contributed by atoms with van der Waals surface area (Å²) in [7, 11) is 0. The van der Waals surface area contributed by atoms with Crippen LogP contribution in [0.1, 0.15) is 56.1 Å². The quantitative estimate of drug-likeness (QED) is 0.494. The third-order valence-corrected chi connectivity index (χ3v) is 9.16. The first-order valence-electron chi connectivity index (χ1n) is 11.7. The fourth-order valence-electron chi connectivity index (χ4n) is 5.54. The van der Waals surface area contributed by atoms with Crippen LogP contribution in [0.5, 0.6) is 0 Å². The maximum atomic E-state index is 14.0. The van der Waals surface area contributed by atoms with Gasteiger partial charge in [-0.1, -0.05) is 44.4 Å². The number of amides is 2. The highest BCUT2D eigenvalue weighted by atomic mass is 35.5. The molecule has 3 heterocycles. The number of aromatic nitrogens is 1. The molecule has 174 valence electrons. The van der Waals surface area contributed by atoms with Crippen molar-refractivity contribution in [3.63, 3.8) is 0 Å². The van der Waals surface area contributed by atoms with Crippen LogP contribution >= 0.6 is 22.9 Å². The average Bonchev–Trinajstić information content (AvgIpc) is 3.37. The Morgan fingerprint density at radius 1 is 1.24 bits per heavy atom. The van der Waals surface area contributed by atoms with Gasteiger partial charge in [-0.25, -0.2) is 0 Å². The summed E-state index contributed by atoms with van der Waals surface area (Å²) in [5.41, 5.74) is 2.01. The molecule has 0 unspecified atom stereocenters. The first-order chi connectivity index (χ1) is 15.7. The highest BCUT2D eigenvalue weighted by molar-refractivity contribution is 7.17. The second-order valence-electron chi connectivity index (χ2n) is 9.93. The van der Waals surface area contributed by atoms with E-state index in [2.05, 4.69) is 19.2 Å². The van der Waals surface area contributed by atoms with E-state index in [1.807, 2.05) is 54.1 Å². The second-order valence-corrected chi connectivity index (χ2v) is 11.3. The number of thiophene rings is 1. The smallest absolute Gasteiger partial charge is 0.275 e. The van der Waals surface area contributed by atoms with Gasteiger partial charge in [0.2, 0.25) is 5.91 Å². The molecule has 7 heteroatoms. The number of hydrogen-bond acceptors (Lipinski definition) is 3. The van der Waals surface area contributed by atoms with Crippen molar-refractivity contribution in [3.05, 3.63) is 52.0 Å². The molecule has 33 heavy (non-hydrogen) atoms. The first kappa shape index (κ1) is 22.5. The van der Waals surface area contributed by atoms with Crippen LogP contribution in [-0.2, 0) is 11.3 Å². The Bertz CT molecular complexity index is 1250. The maximum absolute atomic E-state index is 14.0. The Morgan fingerprint density at radius 3 is 2.82 bits per heavy atom. The first-order valence-corrected chi connectivity index (χ1v) is 13.0. The lowest BCUT2D eigenvalue weighted by Gasteiger charge is -2.46. The summed E-state index contributed by atoms with van der Waals surface area (Å²) in [6.07, 6.45) is 3.28. The summed E-state index contributed by atoms with van der Waals surface area (Å²) < 4.78 is 3.07. The number of hydrogen-bond donors (Lipinski definition) is 1. The zero-order valence-electron chi connectivity index (χ0n) is 19.5. The maximum Gasteiger partial charge on any atom is 0.275 e. The highest BCUT2D eigenvalue weighted by Crippen LogP contribution is 2.40. The molecule has 1 saturated carbocycles. The van der Waals surface area contributed by atoms with Gasteiger partial charge in [-0.3, -0.25) is 14.5 Å². The van der Waals surface area contributed by atoms with Gasteiger partial charge >= 0.3 is 0 Å². The van der Waals surface area contributed by atoms with Gasteiger partial charge in [0.25, 0.3) is 5.91 Å². The standard InChI is InChI=1S/C26H30ClN3O2S/c1-15-7-5-9-19(16(15)2)28-25(32)26(4)14-29-21-11-12-33-23(21)13-22(29)24(31)30(26)20-10-6-8-18(27)17(20)3/h6,8,10-13,15-16,19H,5,7,9,14H2,1-4H3,(H,28,32)/t15-,16+,19-,26-/m1/s1. The molecule has 0 bridgehead atoms. The molecule has 0 spiro atoms. The lowest BCUT2D eigenvalue weighted by Crippen LogP contribution is -2.66. The molecular weight excluding hydrogens is 454 g/mol. The average molecular weight is 484 g/mol.